The van der Waals surface area contributed by atoms with Gasteiger partial charge >= 0.3 is 11.9 Å². The summed E-state index contributed by atoms with van der Waals surface area (Å²) in [5, 5.41) is 23.9. The first-order valence-corrected chi connectivity index (χ1v) is 36.9. The van der Waals surface area contributed by atoms with E-state index in [-0.39, 0.29) is 79.4 Å². The number of Topliss-reactive ketones (excluding diaryl/α,β-unsaturated/α-hetero) is 2. The topological polar surface area (TPSA) is 221 Å². The second kappa shape index (κ2) is 36.2. The predicted octanol–water partition coefficient (Wildman–Crippen LogP) is 6.19. The average Bonchev–Trinajstić information content (AvgIpc) is 1.48. The van der Waals surface area contributed by atoms with Crippen LogP contribution in [0.3, 0.4) is 0 Å². The van der Waals surface area contributed by atoms with Gasteiger partial charge in [0.2, 0.25) is 0 Å². The number of aromatic nitrogens is 1. The molecular formula is C74H131N9O14. The molecular weight excluding hydrogens is 1240 g/mol. The van der Waals surface area contributed by atoms with E-state index in [1.165, 1.54) is 0 Å². The predicted molar refractivity (Wildman–Crippen MR) is 376 cm³/mol. The number of ketones is 2. The van der Waals surface area contributed by atoms with Crippen LogP contribution < -0.4 is 4.90 Å². The summed E-state index contributed by atoms with van der Waals surface area (Å²) < 4.78 is 53.1. The van der Waals surface area contributed by atoms with Crippen LogP contribution in [0.25, 0.3) is 0 Å². The summed E-state index contributed by atoms with van der Waals surface area (Å²) >= 11 is 0. The Morgan fingerprint density at radius 1 is 0.598 bits per heavy atom. The fraction of sp³-hybridized carbons (Fsp3) is 0.878. The molecule has 7 heterocycles. The number of aliphatic hydroxyl groups excluding tert-OH is 2. The third-order valence-corrected chi connectivity index (χ3v) is 23.1. The van der Waals surface area contributed by atoms with E-state index in [0.29, 0.717) is 58.2 Å². The van der Waals surface area contributed by atoms with Gasteiger partial charge in [0.05, 0.1) is 35.6 Å². The standard InChI is InChI=1S/C74H131N9O14/c1-20-81-46-50(2)44-74(12,91-19)66(97-68-62(85)60(77(15)16)43-53(5)95-68)55(7)64(87)72(10,70(89)93-48-57(81)24-21-31-79-36-34-78(17)35-37-79)28-23-33-83-47-51(3)45-73(11,90-18)65(96-67-61(84)59(76(13)14)42-52(4)94-67)54(6)63(86)71(8,9)69(88)92-49-58(83)25-22-32-80-38-40-82(41-39-80)56-26-29-75-30-27-56/h26-27,29-30,50-55,57-62,65-68,84-85H,20-25,28,31-49H2,1-19H3/t50-,51-,52-,53-,54+,55+,57+,58+,59+,60+,61-,62-,65-,66-,67+,68+,72+,73-,74-/m1/s1. The molecule has 7 rings (SSSR count). The van der Waals surface area contributed by atoms with E-state index < -0.39 is 82.8 Å². The Morgan fingerprint density at radius 3 is 1.51 bits per heavy atom. The Bertz CT molecular complexity index is 2600. The molecule has 1 aromatic heterocycles. The molecule has 0 bridgehead atoms. The van der Waals surface area contributed by atoms with Crippen LogP contribution in [0, 0.1) is 34.5 Å². The van der Waals surface area contributed by atoms with Gasteiger partial charge in [0, 0.05) is 134 Å². The Balaban J connectivity index is 1.25. The summed E-state index contributed by atoms with van der Waals surface area (Å²) in [5.74, 6) is -3.96. The maximum absolute atomic E-state index is 16.3. The van der Waals surface area contributed by atoms with Crippen LogP contribution in [0.4, 0.5) is 5.69 Å². The zero-order valence-electron chi connectivity index (χ0n) is 63.3. The highest BCUT2D eigenvalue weighted by Crippen LogP contribution is 2.42. The van der Waals surface area contributed by atoms with Crippen LogP contribution in [-0.2, 0) is 57.1 Å². The number of pyridine rings is 1. The maximum atomic E-state index is 16.3. The van der Waals surface area contributed by atoms with Gasteiger partial charge in [-0.2, -0.15) is 0 Å². The first-order chi connectivity index (χ1) is 45.8. The smallest absolute Gasteiger partial charge is 0.319 e. The highest BCUT2D eigenvalue weighted by molar-refractivity contribution is 6.05. The van der Waals surface area contributed by atoms with Crippen molar-refractivity contribution in [1.29, 1.82) is 0 Å². The number of aliphatic hydroxyl groups is 2. The number of methoxy groups -OCH3 is 2. The molecule has 0 saturated carbocycles. The van der Waals surface area contributed by atoms with Crippen molar-refractivity contribution in [2.24, 2.45) is 34.5 Å². The highest BCUT2D eigenvalue weighted by Gasteiger charge is 2.55. The van der Waals surface area contributed by atoms with Gasteiger partial charge in [-0.05, 0) is 198 Å². The summed E-state index contributed by atoms with van der Waals surface area (Å²) in [6.07, 6.45) is 2.52. The molecule has 556 valence electrons. The monoisotopic (exact) mass is 1370 g/mol. The van der Waals surface area contributed by atoms with Crippen molar-refractivity contribution in [2.75, 3.05) is 159 Å². The Morgan fingerprint density at radius 2 is 1.04 bits per heavy atom. The van der Waals surface area contributed by atoms with Gasteiger partial charge in [-0.1, -0.05) is 34.6 Å². The number of hydrogen-bond donors (Lipinski definition) is 2. The summed E-state index contributed by atoms with van der Waals surface area (Å²) in [6.45, 7) is 34.6. The number of cyclic esters (lactones) is 2. The third kappa shape index (κ3) is 20.7. The molecule has 0 amide bonds. The van der Waals surface area contributed by atoms with E-state index in [1.807, 2.05) is 97.1 Å². The number of nitrogens with zero attached hydrogens (tertiary/aromatic N) is 9. The molecule has 6 fully saturated rings. The number of ether oxygens (including phenoxy) is 8. The number of hydrogen-bond acceptors (Lipinski definition) is 23. The van der Waals surface area contributed by atoms with Crippen LogP contribution >= 0.6 is 0 Å². The molecule has 0 radical (unpaired) electrons. The lowest BCUT2D eigenvalue weighted by Crippen LogP contribution is -2.59. The zero-order chi connectivity index (χ0) is 71.3. The van der Waals surface area contributed by atoms with Gasteiger partial charge in [-0.3, -0.25) is 38.9 Å². The van der Waals surface area contributed by atoms with Crippen molar-refractivity contribution in [3.8, 4) is 0 Å². The van der Waals surface area contributed by atoms with Crippen molar-refractivity contribution < 1.29 is 67.3 Å². The van der Waals surface area contributed by atoms with Crippen LogP contribution in [0.15, 0.2) is 24.5 Å². The number of carbonyl (C=O) groups is 4. The van der Waals surface area contributed by atoms with Crippen molar-refractivity contribution in [3.63, 3.8) is 0 Å². The molecule has 0 spiro atoms. The van der Waals surface area contributed by atoms with Gasteiger partial charge < -0.3 is 72.6 Å². The molecule has 2 N–H and O–H groups in total. The van der Waals surface area contributed by atoms with E-state index >= 15 is 14.4 Å². The second-order valence-corrected chi connectivity index (χ2v) is 31.8. The summed E-state index contributed by atoms with van der Waals surface area (Å²) in [7, 11) is 13.1. The first-order valence-electron chi connectivity index (χ1n) is 36.9. The van der Waals surface area contributed by atoms with E-state index in [0.717, 1.165) is 96.9 Å². The second-order valence-electron chi connectivity index (χ2n) is 31.8. The van der Waals surface area contributed by atoms with Crippen molar-refractivity contribution in [2.45, 2.75) is 232 Å². The number of piperazine rings is 2. The molecule has 6 aliphatic heterocycles. The average molecular weight is 1370 g/mol. The lowest BCUT2D eigenvalue weighted by atomic mass is 9.71. The highest BCUT2D eigenvalue weighted by atomic mass is 16.7. The quantitative estimate of drug-likeness (QED) is 0.0975. The Kier molecular flexibility index (Phi) is 30.2. The lowest BCUT2D eigenvalue weighted by molar-refractivity contribution is -0.295. The summed E-state index contributed by atoms with van der Waals surface area (Å²) in [5.41, 5.74) is -4.42. The number of likely N-dealkylation sites (N-methyl/N-ethyl adjacent to an activating group) is 4. The fourth-order valence-electron chi connectivity index (χ4n) is 16.9. The van der Waals surface area contributed by atoms with Crippen molar-refractivity contribution in [3.05, 3.63) is 24.5 Å². The maximum Gasteiger partial charge on any atom is 0.319 e. The van der Waals surface area contributed by atoms with Gasteiger partial charge in [0.25, 0.3) is 0 Å². The minimum absolute atomic E-state index is 0.00527. The molecule has 23 heteroatoms. The van der Waals surface area contributed by atoms with Gasteiger partial charge in [-0.25, -0.2) is 0 Å². The normalized spacial score (nSPS) is 37.8. The van der Waals surface area contributed by atoms with Crippen LogP contribution in [0.1, 0.15) is 147 Å². The minimum atomic E-state index is -1.70. The van der Waals surface area contributed by atoms with E-state index in [1.54, 1.807) is 41.9 Å². The van der Waals surface area contributed by atoms with E-state index in [9.17, 15) is 15.0 Å². The molecule has 23 nitrogen and oxygen atoms in total. The SMILES string of the molecule is CCN1C[C@H](C)C[C@@](C)(OC)[C@H](O[C@@H]2O[C@H](C)C[C@H](N(C)C)[C@H]2O)[C@@H](C)C(=O)[C@](C)(CCCN2C[C@H](C)C[C@@](C)(OC)[C@H](O[C@@H]3O[C@H](C)C[C@H](N(C)C)[C@H]3O)[C@@H](C)C(=O)C(C)(C)C(=O)OC[C@@H]2CCCN2CCN(c3ccncc3)CC2)C(=O)OC[C@@H]1CCCN1CCN(C)CC1. The molecule has 19 atom stereocenters. The number of anilines is 1. The van der Waals surface area contributed by atoms with Gasteiger partial charge in [0.1, 0.15) is 36.3 Å². The van der Waals surface area contributed by atoms with E-state index in [2.05, 4.69) is 62.2 Å². The van der Waals surface area contributed by atoms with Crippen LogP contribution in [0.5, 0.6) is 0 Å². The summed E-state index contributed by atoms with van der Waals surface area (Å²) in [6, 6.07) is 3.06. The fourth-order valence-corrected chi connectivity index (χ4v) is 16.9. The first kappa shape index (κ1) is 80.9. The Hall–Kier alpha value is -3.37. The minimum Gasteiger partial charge on any atom is -0.463 e. The van der Waals surface area contributed by atoms with Crippen LogP contribution in [-0.4, -0.2) is 312 Å². The zero-order valence-corrected chi connectivity index (χ0v) is 63.3. The third-order valence-electron chi connectivity index (χ3n) is 23.1. The van der Waals surface area contributed by atoms with Crippen LogP contribution in [0.2, 0.25) is 0 Å². The molecule has 0 aromatic carbocycles. The van der Waals surface area contributed by atoms with Crippen molar-refractivity contribution in [1.82, 2.24) is 39.3 Å². The largest absolute Gasteiger partial charge is 0.463 e. The number of esters is 2. The summed E-state index contributed by atoms with van der Waals surface area (Å²) in [4.78, 5) is 84.6. The molecule has 0 unspecified atom stereocenters. The molecule has 0 aliphatic carbocycles. The molecule has 1 aromatic rings. The lowest BCUT2D eigenvalue weighted by Gasteiger charge is -2.47. The molecule has 6 saturated heterocycles. The molecule has 97 heavy (non-hydrogen) atoms. The van der Waals surface area contributed by atoms with Gasteiger partial charge in [-0.15, -0.1) is 0 Å². The molecule has 6 aliphatic rings. The number of rotatable bonds is 22. The van der Waals surface area contributed by atoms with Crippen molar-refractivity contribution >= 4 is 29.2 Å². The van der Waals surface area contributed by atoms with Gasteiger partial charge in [0.15, 0.2) is 24.1 Å². The number of carbonyl (C=O) groups excluding carboxylic acids is 4. The Labute approximate surface area is 583 Å². The van der Waals surface area contributed by atoms with E-state index in [4.69, 9.17) is 37.9 Å².